The second-order valence-corrected chi connectivity index (χ2v) is 7.81. The molecule has 0 aromatic heterocycles. The summed E-state index contributed by atoms with van der Waals surface area (Å²) in [7, 11) is -2.23. The summed E-state index contributed by atoms with van der Waals surface area (Å²) in [6.45, 7) is 0. The number of rotatable bonds is 5. The predicted molar refractivity (Wildman–Crippen MR) is 83.2 cm³/mol. The highest BCUT2D eigenvalue weighted by atomic mass is 35.5. The molecule has 8 heteroatoms. The van der Waals surface area contributed by atoms with E-state index >= 15 is 0 Å². The largest absolute Gasteiger partial charge is 0.352 e. The molecule has 0 spiro atoms. The zero-order valence-electron chi connectivity index (χ0n) is 11.4. The summed E-state index contributed by atoms with van der Waals surface area (Å²) in [6.07, 6.45) is 1.53. The zero-order valence-corrected chi connectivity index (χ0v) is 13.7. The van der Waals surface area contributed by atoms with Crippen LogP contribution in [0.15, 0.2) is 18.2 Å². The van der Waals surface area contributed by atoms with Crippen LogP contribution in [-0.2, 0) is 14.8 Å². The van der Waals surface area contributed by atoms with Crippen molar-refractivity contribution < 1.29 is 13.2 Å². The van der Waals surface area contributed by atoms with Crippen molar-refractivity contribution in [2.45, 2.75) is 24.8 Å². The van der Waals surface area contributed by atoms with Crippen LogP contribution in [0, 0.1) is 0 Å². The van der Waals surface area contributed by atoms with Crippen molar-refractivity contribution in [1.29, 1.82) is 0 Å². The summed E-state index contributed by atoms with van der Waals surface area (Å²) in [5.41, 5.74) is 1.08. The Morgan fingerprint density at radius 2 is 1.95 bits per heavy atom. The van der Waals surface area contributed by atoms with Gasteiger partial charge < -0.3 is 5.32 Å². The maximum absolute atomic E-state index is 11.6. The minimum absolute atomic E-state index is 0.00371. The number of sulfonamides is 1. The van der Waals surface area contributed by atoms with E-state index in [-0.39, 0.29) is 6.04 Å². The first-order chi connectivity index (χ1) is 9.80. The summed E-state index contributed by atoms with van der Waals surface area (Å²) in [5, 5.41) is 3.75. The van der Waals surface area contributed by atoms with Gasteiger partial charge in [0.05, 0.1) is 10.0 Å². The Bertz CT molecular complexity index is 643. The fourth-order valence-electron chi connectivity index (χ4n) is 2.29. The minimum Gasteiger partial charge on any atom is -0.352 e. The van der Waals surface area contributed by atoms with Gasteiger partial charge in [-0.3, -0.25) is 4.79 Å². The number of benzene rings is 1. The van der Waals surface area contributed by atoms with Gasteiger partial charge in [0.2, 0.25) is 15.9 Å². The van der Waals surface area contributed by atoms with Crippen LogP contribution in [0.5, 0.6) is 0 Å². The third-order valence-electron chi connectivity index (χ3n) is 3.55. The highest BCUT2D eigenvalue weighted by Crippen LogP contribution is 2.38. The topological polar surface area (TPSA) is 75.3 Å². The average Bonchev–Trinajstić information content (AvgIpc) is 2.36. The molecule has 0 heterocycles. The third kappa shape index (κ3) is 4.32. The van der Waals surface area contributed by atoms with Gasteiger partial charge in [-0.25, -0.2) is 13.1 Å². The van der Waals surface area contributed by atoms with E-state index in [2.05, 4.69) is 10.0 Å². The smallest absolute Gasteiger partial charge is 0.236 e. The maximum Gasteiger partial charge on any atom is 0.236 e. The molecular formula is C13H16Cl2N2O3S. The standard InChI is InChI=1S/C13H16Cl2N2O3S/c1-16-21(19,20)7-13(18)17-10-4-9(5-10)8-2-3-11(14)12(15)6-8/h2-3,6,9-10,16H,4-5,7H2,1H3,(H,17,18). The Kier molecular flexibility index (Phi) is 5.14. The molecule has 0 radical (unpaired) electrons. The monoisotopic (exact) mass is 350 g/mol. The van der Waals surface area contributed by atoms with E-state index in [4.69, 9.17) is 23.2 Å². The molecule has 21 heavy (non-hydrogen) atoms. The minimum atomic E-state index is -3.52. The van der Waals surface area contributed by atoms with Crippen molar-refractivity contribution in [2.75, 3.05) is 12.8 Å². The van der Waals surface area contributed by atoms with Gasteiger partial charge in [0.15, 0.2) is 0 Å². The molecule has 0 saturated heterocycles. The number of carbonyl (C=O) groups is 1. The normalized spacial score (nSPS) is 21.7. The van der Waals surface area contributed by atoms with Crippen LogP contribution in [0.25, 0.3) is 0 Å². The molecular weight excluding hydrogens is 335 g/mol. The van der Waals surface area contributed by atoms with Gasteiger partial charge in [0.1, 0.15) is 5.75 Å². The van der Waals surface area contributed by atoms with Gasteiger partial charge in [-0.1, -0.05) is 29.3 Å². The lowest BCUT2D eigenvalue weighted by molar-refractivity contribution is -0.119. The van der Waals surface area contributed by atoms with Crippen LogP contribution in [0.3, 0.4) is 0 Å². The molecule has 1 fully saturated rings. The van der Waals surface area contributed by atoms with Gasteiger partial charge in [-0.05, 0) is 43.5 Å². The molecule has 0 unspecified atom stereocenters. The molecule has 116 valence electrons. The number of hydrogen-bond acceptors (Lipinski definition) is 3. The molecule has 1 aromatic rings. The van der Waals surface area contributed by atoms with Crippen LogP contribution in [0.1, 0.15) is 24.3 Å². The van der Waals surface area contributed by atoms with E-state index in [0.29, 0.717) is 16.0 Å². The first kappa shape index (κ1) is 16.5. The van der Waals surface area contributed by atoms with Gasteiger partial charge in [0, 0.05) is 6.04 Å². The quantitative estimate of drug-likeness (QED) is 0.851. The van der Waals surface area contributed by atoms with Crippen LogP contribution in [0.2, 0.25) is 10.0 Å². The fraction of sp³-hybridized carbons (Fsp3) is 0.462. The van der Waals surface area contributed by atoms with Crippen molar-refractivity contribution in [1.82, 2.24) is 10.0 Å². The average molecular weight is 351 g/mol. The summed E-state index contributed by atoms with van der Waals surface area (Å²) in [6, 6.07) is 5.51. The molecule has 5 nitrogen and oxygen atoms in total. The molecule has 1 amide bonds. The Hall–Kier alpha value is -0.820. The van der Waals surface area contributed by atoms with Gasteiger partial charge in [-0.2, -0.15) is 0 Å². The number of amides is 1. The molecule has 1 saturated carbocycles. The van der Waals surface area contributed by atoms with Crippen molar-refractivity contribution in [3.05, 3.63) is 33.8 Å². The molecule has 2 rings (SSSR count). The number of halogens is 2. The SMILES string of the molecule is CNS(=O)(=O)CC(=O)NC1CC(c2ccc(Cl)c(Cl)c2)C1. The Morgan fingerprint density at radius 1 is 1.29 bits per heavy atom. The summed E-state index contributed by atoms with van der Waals surface area (Å²) in [4.78, 5) is 11.6. The molecule has 1 aromatic carbocycles. The van der Waals surface area contributed by atoms with Crippen LogP contribution < -0.4 is 10.0 Å². The molecule has 0 bridgehead atoms. The second-order valence-electron chi connectivity index (χ2n) is 5.07. The van der Waals surface area contributed by atoms with Crippen LogP contribution in [0.4, 0.5) is 0 Å². The van der Waals surface area contributed by atoms with Crippen LogP contribution in [-0.4, -0.2) is 33.2 Å². The third-order valence-corrected chi connectivity index (χ3v) is 5.55. The lowest BCUT2D eigenvalue weighted by Gasteiger charge is -2.36. The molecule has 0 aliphatic heterocycles. The highest BCUT2D eigenvalue weighted by Gasteiger charge is 2.32. The number of carbonyl (C=O) groups excluding carboxylic acids is 1. The first-order valence-corrected chi connectivity index (χ1v) is 8.87. The molecule has 0 atom stereocenters. The Labute approximate surface area is 134 Å². The van der Waals surface area contributed by atoms with Crippen molar-refractivity contribution in [3.63, 3.8) is 0 Å². The second kappa shape index (κ2) is 6.52. The highest BCUT2D eigenvalue weighted by molar-refractivity contribution is 7.90. The first-order valence-electron chi connectivity index (χ1n) is 6.46. The summed E-state index contributed by atoms with van der Waals surface area (Å²) < 4.78 is 24.6. The molecule has 1 aliphatic rings. The van der Waals surface area contributed by atoms with E-state index in [1.165, 1.54) is 7.05 Å². The lowest BCUT2D eigenvalue weighted by atomic mass is 9.76. The maximum atomic E-state index is 11.6. The number of nitrogens with one attached hydrogen (secondary N) is 2. The molecule has 2 N–H and O–H groups in total. The van der Waals surface area contributed by atoms with E-state index in [1.54, 1.807) is 6.07 Å². The summed E-state index contributed by atoms with van der Waals surface area (Å²) in [5.74, 6) is -0.717. The number of hydrogen-bond donors (Lipinski definition) is 2. The van der Waals surface area contributed by atoms with E-state index < -0.39 is 21.7 Å². The summed E-state index contributed by atoms with van der Waals surface area (Å²) >= 11 is 11.8. The molecule has 1 aliphatic carbocycles. The van der Waals surface area contributed by atoms with Gasteiger partial charge in [-0.15, -0.1) is 0 Å². The van der Waals surface area contributed by atoms with Crippen molar-refractivity contribution in [3.8, 4) is 0 Å². The fourth-order valence-corrected chi connectivity index (χ4v) is 3.17. The van der Waals surface area contributed by atoms with E-state index in [1.807, 2.05) is 12.1 Å². The van der Waals surface area contributed by atoms with Crippen molar-refractivity contribution in [2.24, 2.45) is 0 Å². The Morgan fingerprint density at radius 3 is 2.52 bits per heavy atom. The lowest BCUT2D eigenvalue weighted by Crippen LogP contribution is -2.46. The van der Waals surface area contributed by atoms with Crippen LogP contribution >= 0.6 is 23.2 Å². The predicted octanol–water partition coefficient (Wildman–Crippen LogP) is 1.90. The van der Waals surface area contributed by atoms with Gasteiger partial charge in [0.25, 0.3) is 0 Å². The zero-order chi connectivity index (χ0) is 15.6. The Balaban J connectivity index is 1.84. The van der Waals surface area contributed by atoms with Gasteiger partial charge >= 0.3 is 0 Å². The van der Waals surface area contributed by atoms with Crippen molar-refractivity contribution >= 4 is 39.1 Å². The van der Waals surface area contributed by atoms with E-state index in [0.717, 1.165) is 18.4 Å². The van der Waals surface area contributed by atoms with E-state index in [9.17, 15) is 13.2 Å².